The van der Waals surface area contributed by atoms with E-state index in [0.29, 0.717) is 35.5 Å². The highest BCUT2D eigenvalue weighted by Crippen LogP contribution is 2.38. The second-order valence-electron chi connectivity index (χ2n) is 6.34. The zero-order chi connectivity index (χ0) is 16.4. The molecule has 3 rings (SSSR count). The van der Waals surface area contributed by atoms with E-state index in [1.165, 1.54) is 0 Å². The van der Waals surface area contributed by atoms with Crippen molar-refractivity contribution in [1.82, 2.24) is 4.90 Å². The molecule has 5 nitrogen and oxygen atoms in total. The van der Waals surface area contributed by atoms with E-state index >= 15 is 0 Å². The van der Waals surface area contributed by atoms with Gasteiger partial charge in [-0.3, -0.25) is 4.79 Å². The van der Waals surface area contributed by atoms with E-state index in [1.807, 2.05) is 4.90 Å². The van der Waals surface area contributed by atoms with Crippen molar-refractivity contribution < 1.29 is 14.3 Å². The Kier molecular flexibility index (Phi) is 4.57. The SMILES string of the molecule is C=CCOc1ccc(C(=O)N2CC3CCC(N)C3C2)cc1OC. The van der Waals surface area contributed by atoms with Crippen molar-refractivity contribution in [2.24, 2.45) is 17.6 Å². The molecule has 1 aliphatic heterocycles. The lowest BCUT2D eigenvalue weighted by Gasteiger charge is -2.19. The van der Waals surface area contributed by atoms with Crippen LogP contribution in [0.25, 0.3) is 0 Å². The number of hydrogen-bond acceptors (Lipinski definition) is 4. The van der Waals surface area contributed by atoms with Crippen LogP contribution in [0.5, 0.6) is 11.5 Å². The fourth-order valence-corrected chi connectivity index (χ4v) is 3.72. The van der Waals surface area contributed by atoms with E-state index in [9.17, 15) is 4.79 Å². The lowest BCUT2D eigenvalue weighted by Crippen LogP contribution is -2.33. The average Bonchev–Trinajstić information content (AvgIpc) is 3.14. The molecule has 0 spiro atoms. The Morgan fingerprint density at radius 3 is 2.91 bits per heavy atom. The van der Waals surface area contributed by atoms with Crippen LogP contribution in [0, 0.1) is 11.8 Å². The second-order valence-corrected chi connectivity index (χ2v) is 6.34. The topological polar surface area (TPSA) is 64.8 Å². The molecule has 1 aliphatic carbocycles. The number of carbonyl (C=O) groups is 1. The van der Waals surface area contributed by atoms with Crippen LogP contribution in [0.15, 0.2) is 30.9 Å². The molecular formula is C18H24N2O3. The zero-order valence-electron chi connectivity index (χ0n) is 13.5. The molecule has 124 valence electrons. The van der Waals surface area contributed by atoms with Crippen LogP contribution in [-0.4, -0.2) is 43.7 Å². The third-order valence-corrected chi connectivity index (χ3v) is 4.97. The molecule has 1 saturated heterocycles. The number of nitrogens with two attached hydrogens (primary N) is 1. The third kappa shape index (κ3) is 3.06. The number of methoxy groups -OCH3 is 1. The van der Waals surface area contributed by atoms with Gasteiger partial charge in [0.1, 0.15) is 6.61 Å². The Morgan fingerprint density at radius 2 is 2.22 bits per heavy atom. The molecule has 1 aromatic carbocycles. The molecule has 2 N–H and O–H groups in total. The van der Waals surface area contributed by atoms with Crippen LogP contribution in [-0.2, 0) is 0 Å². The molecule has 3 atom stereocenters. The van der Waals surface area contributed by atoms with Crippen molar-refractivity contribution in [2.45, 2.75) is 18.9 Å². The van der Waals surface area contributed by atoms with E-state index < -0.39 is 0 Å². The highest BCUT2D eigenvalue weighted by molar-refractivity contribution is 5.95. The summed E-state index contributed by atoms with van der Waals surface area (Å²) in [5.74, 6) is 2.24. The van der Waals surface area contributed by atoms with Crippen molar-refractivity contribution in [3.63, 3.8) is 0 Å². The van der Waals surface area contributed by atoms with Crippen LogP contribution >= 0.6 is 0 Å². The van der Waals surface area contributed by atoms with Gasteiger partial charge in [-0.15, -0.1) is 0 Å². The number of benzene rings is 1. The first-order valence-corrected chi connectivity index (χ1v) is 8.10. The van der Waals surface area contributed by atoms with E-state index in [0.717, 1.165) is 25.9 Å². The van der Waals surface area contributed by atoms with Crippen LogP contribution in [0.3, 0.4) is 0 Å². The maximum Gasteiger partial charge on any atom is 0.254 e. The van der Waals surface area contributed by atoms with E-state index in [4.69, 9.17) is 15.2 Å². The number of carbonyl (C=O) groups excluding carboxylic acids is 1. The lowest BCUT2D eigenvalue weighted by molar-refractivity contribution is 0.0779. The van der Waals surface area contributed by atoms with Crippen molar-refractivity contribution in [1.29, 1.82) is 0 Å². The summed E-state index contributed by atoms with van der Waals surface area (Å²) in [6.45, 7) is 5.61. The number of fused-ring (bicyclic) bond motifs is 1. The number of rotatable bonds is 5. The number of nitrogens with zero attached hydrogens (tertiary/aromatic N) is 1. The first kappa shape index (κ1) is 15.9. The molecule has 1 heterocycles. The molecule has 3 unspecified atom stereocenters. The lowest BCUT2D eigenvalue weighted by atomic mass is 9.98. The highest BCUT2D eigenvalue weighted by Gasteiger charge is 2.42. The second kappa shape index (κ2) is 6.62. The van der Waals surface area contributed by atoms with Gasteiger partial charge in [-0.1, -0.05) is 12.7 Å². The van der Waals surface area contributed by atoms with E-state index in [1.54, 1.807) is 31.4 Å². The largest absolute Gasteiger partial charge is 0.493 e. The standard InChI is InChI=1S/C18H24N2O3/c1-3-8-23-16-7-5-12(9-17(16)22-2)18(21)20-10-13-4-6-15(19)14(13)11-20/h3,5,7,9,13-15H,1,4,6,8,10-11,19H2,2H3. The van der Waals surface area contributed by atoms with Crippen molar-refractivity contribution in [3.8, 4) is 11.5 Å². The highest BCUT2D eigenvalue weighted by atomic mass is 16.5. The zero-order valence-corrected chi connectivity index (χ0v) is 13.5. The average molecular weight is 316 g/mol. The Morgan fingerprint density at radius 1 is 1.39 bits per heavy atom. The summed E-state index contributed by atoms with van der Waals surface area (Å²) in [5.41, 5.74) is 6.78. The number of ether oxygens (including phenoxy) is 2. The van der Waals surface area contributed by atoms with Gasteiger partial charge >= 0.3 is 0 Å². The van der Waals surface area contributed by atoms with Gasteiger partial charge in [0.2, 0.25) is 0 Å². The summed E-state index contributed by atoms with van der Waals surface area (Å²) in [6.07, 6.45) is 3.89. The van der Waals surface area contributed by atoms with E-state index in [2.05, 4.69) is 6.58 Å². The maximum atomic E-state index is 12.8. The van der Waals surface area contributed by atoms with Crippen LogP contribution in [0.4, 0.5) is 0 Å². The predicted molar refractivity (Wildman–Crippen MR) is 88.8 cm³/mol. The van der Waals surface area contributed by atoms with Gasteiger partial charge in [0, 0.05) is 24.7 Å². The molecule has 1 aromatic rings. The minimum atomic E-state index is 0.0418. The van der Waals surface area contributed by atoms with Crippen LogP contribution in [0.2, 0.25) is 0 Å². The summed E-state index contributed by atoms with van der Waals surface area (Å²) in [4.78, 5) is 14.7. The number of hydrogen-bond donors (Lipinski definition) is 1. The van der Waals surface area contributed by atoms with Gasteiger partial charge in [0.25, 0.3) is 5.91 Å². The number of likely N-dealkylation sites (tertiary alicyclic amines) is 1. The first-order chi connectivity index (χ1) is 11.1. The van der Waals surface area contributed by atoms with Crippen molar-refractivity contribution in [2.75, 3.05) is 26.8 Å². The summed E-state index contributed by atoms with van der Waals surface area (Å²) in [5, 5.41) is 0. The smallest absolute Gasteiger partial charge is 0.254 e. The van der Waals surface area contributed by atoms with Gasteiger partial charge in [0.15, 0.2) is 11.5 Å². The molecule has 1 saturated carbocycles. The molecule has 1 amide bonds. The molecule has 0 aromatic heterocycles. The van der Waals surface area contributed by atoms with Crippen LogP contribution < -0.4 is 15.2 Å². The molecular weight excluding hydrogens is 292 g/mol. The molecule has 0 radical (unpaired) electrons. The minimum absolute atomic E-state index is 0.0418. The molecule has 5 heteroatoms. The van der Waals surface area contributed by atoms with Gasteiger partial charge in [-0.05, 0) is 42.9 Å². The summed E-state index contributed by atoms with van der Waals surface area (Å²) < 4.78 is 10.9. The summed E-state index contributed by atoms with van der Waals surface area (Å²) >= 11 is 0. The van der Waals surface area contributed by atoms with Crippen molar-refractivity contribution >= 4 is 5.91 Å². The first-order valence-electron chi connectivity index (χ1n) is 8.10. The van der Waals surface area contributed by atoms with Crippen LogP contribution in [0.1, 0.15) is 23.2 Å². The molecule has 2 fully saturated rings. The summed E-state index contributed by atoms with van der Waals surface area (Å²) in [6, 6.07) is 5.55. The maximum absolute atomic E-state index is 12.8. The number of amides is 1. The Labute approximate surface area is 137 Å². The fraction of sp³-hybridized carbons (Fsp3) is 0.500. The fourth-order valence-electron chi connectivity index (χ4n) is 3.72. The minimum Gasteiger partial charge on any atom is -0.493 e. The van der Waals surface area contributed by atoms with Gasteiger partial charge in [-0.25, -0.2) is 0 Å². The molecule has 0 bridgehead atoms. The predicted octanol–water partition coefficient (Wildman–Crippen LogP) is 2.07. The van der Waals surface area contributed by atoms with Gasteiger partial charge in [-0.2, -0.15) is 0 Å². The summed E-state index contributed by atoms with van der Waals surface area (Å²) in [7, 11) is 1.57. The molecule has 23 heavy (non-hydrogen) atoms. The Bertz CT molecular complexity index is 602. The van der Waals surface area contributed by atoms with Crippen molar-refractivity contribution in [3.05, 3.63) is 36.4 Å². The normalized spacial score (nSPS) is 26.0. The monoisotopic (exact) mass is 316 g/mol. The van der Waals surface area contributed by atoms with E-state index in [-0.39, 0.29) is 11.9 Å². The van der Waals surface area contributed by atoms with Gasteiger partial charge in [0.05, 0.1) is 7.11 Å². The van der Waals surface area contributed by atoms with Gasteiger partial charge < -0.3 is 20.1 Å². The molecule has 2 aliphatic rings. The Balaban J connectivity index is 1.74. The Hall–Kier alpha value is -2.01. The third-order valence-electron chi connectivity index (χ3n) is 4.97. The quantitative estimate of drug-likeness (QED) is 0.845.